The van der Waals surface area contributed by atoms with Gasteiger partial charge >= 0.3 is 23.9 Å². The van der Waals surface area contributed by atoms with Crippen LogP contribution < -0.4 is 10.5 Å². The van der Waals surface area contributed by atoms with E-state index in [1.165, 1.54) is 6.07 Å². The second-order valence-corrected chi connectivity index (χ2v) is 12.3. The maximum atomic E-state index is 13.2. The lowest BCUT2D eigenvalue weighted by atomic mass is 9.22. The van der Waals surface area contributed by atoms with Crippen LogP contribution in [0.15, 0.2) is 18.2 Å². The fraction of sp³-hybridized carbons (Fsp3) is 0.583. The highest BCUT2D eigenvalue weighted by Gasteiger charge is 2.50. The summed E-state index contributed by atoms with van der Waals surface area (Å²) in [4.78, 5) is 51.4. The molecule has 0 amide bonds. The molecule has 1 fully saturated rings. The van der Waals surface area contributed by atoms with E-state index in [4.69, 9.17) is 147 Å². The van der Waals surface area contributed by atoms with E-state index in [9.17, 15) is 24.3 Å². The Morgan fingerprint density at radius 3 is 1.48 bits per heavy atom. The monoisotopic (exact) mass is 645 g/mol. The van der Waals surface area contributed by atoms with Crippen molar-refractivity contribution >= 4 is 147 Å². The summed E-state index contributed by atoms with van der Waals surface area (Å²) in [6.45, 7) is -0.707. The third-order valence-corrected chi connectivity index (χ3v) is 7.41. The molecule has 2 rings (SSSR count). The zero-order valence-corrected chi connectivity index (χ0v) is 26.7. The molecule has 1 aliphatic rings. The van der Waals surface area contributed by atoms with E-state index in [1.54, 1.807) is 0 Å². The smallest absolute Gasteiger partial charge is 0.339 e. The van der Waals surface area contributed by atoms with Gasteiger partial charge in [-0.2, -0.15) is 0 Å². The summed E-state index contributed by atoms with van der Waals surface area (Å²) < 4.78 is 27.8. The van der Waals surface area contributed by atoms with Crippen LogP contribution in [0.5, 0.6) is 5.75 Å². The summed E-state index contributed by atoms with van der Waals surface area (Å²) in [7, 11) is 85.0. The molecule has 50 heavy (non-hydrogen) atoms. The van der Waals surface area contributed by atoms with Gasteiger partial charge in [-0.15, -0.1) is 31.0 Å². The number of nitrogens with two attached hydrogens (primary N) is 1. The number of aromatic carboxylic acids is 1. The molecule has 1 aliphatic heterocycles. The average molecular weight is 643 g/mol. The first-order chi connectivity index (χ1) is 22.4. The van der Waals surface area contributed by atoms with Crippen LogP contribution in [0.2, 0.25) is 31.0 Å². The first-order valence-corrected chi connectivity index (χ1v) is 14.2. The van der Waals surface area contributed by atoms with Crippen LogP contribution in [0.25, 0.3) is 0 Å². The van der Waals surface area contributed by atoms with Gasteiger partial charge in [0.1, 0.15) is 11.3 Å². The van der Waals surface area contributed by atoms with E-state index in [0.717, 1.165) is 12.1 Å². The lowest BCUT2D eigenvalue weighted by Crippen LogP contribution is -2.59. The number of esters is 3. The third kappa shape index (κ3) is 11.3. The molecule has 1 saturated heterocycles. The Morgan fingerprint density at radius 2 is 1.08 bits per heavy atom. The minimum Gasteiger partial charge on any atom is -0.478 e. The number of carbonyl (C=O) groups excluding carboxylic acids is 3. The van der Waals surface area contributed by atoms with E-state index in [0.29, 0.717) is 0 Å². The van der Waals surface area contributed by atoms with Gasteiger partial charge in [-0.3, -0.25) is 14.4 Å². The average Bonchev–Trinajstić information content (AvgIpc) is 2.89. The topological polar surface area (TPSA) is 161 Å². The SMILES string of the molecule is [B]C([B])([B])C([B])([B])CC(=O)O[C@H]1[C@@H](Oc2ccc(N)cc2C(=O)O)OC[C@@H](OC(=O)CC([B])([B])C([B])([B])[B])[C@H]1OC(=O)CC([B])([B])C([B])([B])[B]. The molecular weight excluding hydrogens is 624 g/mol. The number of carbonyl (C=O) groups is 4. The molecule has 26 heteroatoms. The number of nitrogen functional groups attached to an aromatic ring is 1. The van der Waals surface area contributed by atoms with Crippen molar-refractivity contribution in [2.75, 3.05) is 12.3 Å². The van der Waals surface area contributed by atoms with Gasteiger partial charge in [0.2, 0.25) is 12.4 Å². The molecule has 0 saturated carbocycles. The lowest BCUT2D eigenvalue weighted by molar-refractivity contribution is -0.261. The van der Waals surface area contributed by atoms with Crippen molar-refractivity contribution in [2.24, 2.45) is 0 Å². The minimum absolute atomic E-state index is 0.0346. The first kappa shape index (κ1) is 43.8. The number of benzene rings is 1. The van der Waals surface area contributed by atoms with Crippen molar-refractivity contribution in [1.82, 2.24) is 0 Å². The van der Waals surface area contributed by atoms with E-state index in [-0.39, 0.29) is 11.4 Å². The summed E-state index contributed by atoms with van der Waals surface area (Å²) >= 11 is 0. The fourth-order valence-electron chi connectivity index (χ4n) is 3.93. The van der Waals surface area contributed by atoms with Crippen molar-refractivity contribution in [3.05, 3.63) is 23.8 Å². The molecule has 3 N–H and O–H groups in total. The van der Waals surface area contributed by atoms with Crippen LogP contribution in [0.1, 0.15) is 29.6 Å². The van der Waals surface area contributed by atoms with Gasteiger partial charge in [-0.1, -0.05) is 0 Å². The molecule has 30 radical (unpaired) electrons. The highest BCUT2D eigenvalue weighted by molar-refractivity contribution is 6.68. The fourth-order valence-corrected chi connectivity index (χ4v) is 3.93. The molecule has 1 aromatic rings. The van der Waals surface area contributed by atoms with E-state index in [1.807, 2.05) is 0 Å². The van der Waals surface area contributed by atoms with Gasteiger partial charge in [0.15, 0.2) is 12.2 Å². The van der Waals surface area contributed by atoms with Crippen LogP contribution >= 0.6 is 0 Å². The molecule has 11 nitrogen and oxygen atoms in total. The second kappa shape index (κ2) is 15.7. The molecule has 0 bridgehead atoms. The minimum atomic E-state index is -2.35. The summed E-state index contributed by atoms with van der Waals surface area (Å²) in [6.07, 6.45) is -10.4. The van der Waals surface area contributed by atoms with E-state index < -0.39 is 111 Å². The predicted octanol–water partition coefficient (Wildman–Crippen LogP) is -4.29. The number of hydrogen-bond acceptors (Lipinski definition) is 10. The summed E-state index contributed by atoms with van der Waals surface area (Å²) in [6, 6.07) is 3.46. The molecular formula is C24H18B15NO10. The van der Waals surface area contributed by atoms with Crippen molar-refractivity contribution < 1.29 is 48.0 Å². The number of carboxylic acids is 1. The first-order valence-electron chi connectivity index (χ1n) is 14.2. The maximum absolute atomic E-state index is 13.2. The van der Waals surface area contributed by atoms with Crippen LogP contribution in [-0.2, 0) is 33.3 Å². The van der Waals surface area contributed by atoms with Crippen LogP contribution in [0.3, 0.4) is 0 Å². The normalized spacial score (nSPS) is 20.6. The number of anilines is 1. The number of hydrogen-bond donors (Lipinski definition) is 2. The molecule has 224 valence electrons. The Morgan fingerprint density at radius 1 is 0.680 bits per heavy atom. The van der Waals surface area contributed by atoms with Gasteiger partial charge in [0.05, 0.1) is 53.7 Å². The standard InChI is InChI=1S/C24H18B15NO10/c25-19(26,22(31,32)33)4-12(41)47-11-7-46-18(48-10-2-1-8(40)3-9(10)17(44)45)16(50-14(43)6-21(29,30)24(37,38)39)15(11)49-13(42)5-20(27,28)23(34,35)36/h1-3,11,15-16,18H,4-7,40H2,(H,44,45)/t11-,15-,16-,18-/m1/s1. The second-order valence-electron chi connectivity index (χ2n) is 12.3. The maximum Gasteiger partial charge on any atom is 0.339 e. The highest BCUT2D eigenvalue weighted by Crippen LogP contribution is 2.44. The Balaban J connectivity index is 2.64. The van der Waals surface area contributed by atoms with Crippen LogP contribution in [-0.4, -0.2) is 178 Å². The molecule has 1 heterocycles. The molecule has 0 unspecified atom stereocenters. The Hall–Kier alpha value is -2.37. The molecule has 0 aromatic heterocycles. The summed E-state index contributed by atoms with van der Waals surface area (Å²) in [5.74, 6) is -5.72. The Labute approximate surface area is 311 Å². The molecule has 0 spiro atoms. The van der Waals surface area contributed by atoms with Gasteiger partial charge in [0.25, 0.3) is 0 Å². The largest absolute Gasteiger partial charge is 0.478 e. The zero-order valence-electron chi connectivity index (χ0n) is 26.7. The van der Waals surface area contributed by atoms with Crippen molar-refractivity contribution in [3.63, 3.8) is 0 Å². The van der Waals surface area contributed by atoms with Crippen molar-refractivity contribution in [1.29, 1.82) is 0 Å². The summed E-state index contributed by atoms with van der Waals surface area (Å²) in [5, 5.41) is -4.18. The van der Waals surface area contributed by atoms with Gasteiger partial charge < -0.3 is 34.5 Å². The van der Waals surface area contributed by atoms with Gasteiger partial charge in [-0.25, -0.2) is 4.79 Å². The lowest BCUT2D eigenvalue weighted by Gasteiger charge is -2.44. The quantitative estimate of drug-likeness (QED) is 0.0825. The number of rotatable bonds is 15. The van der Waals surface area contributed by atoms with Crippen molar-refractivity contribution in [2.45, 2.75) is 74.8 Å². The van der Waals surface area contributed by atoms with E-state index in [2.05, 4.69) is 0 Å². The Kier molecular flexibility index (Phi) is 13.8. The third-order valence-electron chi connectivity index (χ3n) is 7.41. The predicted molar refractivity (Wildman–Crippen MR) is 194 cm³/mol. The Bertz CT molecular complexity index is 1430. The zero-order chi connectivity index (χ0) is 38.8. The highest BCUT2D eigenvalue weighted by atomic mass is 16.7. The summed E-state index contributed by atoms with van der Waals surface area (Å²) in [5.41, 5.74) is 5.27. The van der Waals surface area contributed by atoms with Crippen molar-refractivity contribution in [3.8, 4) is 5.75 Å². The molecule has 0 aliphatic carbocycles. The van der Waals surface area contributed by atoms with Gasteiger partial charge in [-0.05, 0) is 18.2 Å². The molecule has 4 atom stereocenters. The number of ether oxygens (including phenoxy) is 5. The van der Waals surface area contributed by atoms with E-state index >= 15 is 0 Å². The number of carboxylic acid groups (broad SMARTS) is 1. The molecule has 1 aromatic carbocycles. The van der Waals surface area contributed by atoms with Gasteiger partial charge in [0, 0.05) is 95.6 Å². The van der Waals surface area contributed by atoms with Crippen LogP contribution in [0.4, 0.5) is 5.69 Å². The van der Waals surface area contributed by atoms with Crippen LogP contribution in [0, 0.1) is 0 Å².